The van der Waals surface area contributed by atoms with Crippen LogP contribution in [0.15, 0.2) is 41.1 Å². The molecule has 0 fully saturated rings. The molecule has 0 spiro atoms. The molecule has 0 atom stereocenters. The van der Waals surface area contributed by atoms with Crippen molar-refractivity contribution in [3.63, 3.8) is 0 Å². The predicted molar refractivity (Wildman–Crippen MR) is 44.0 cm³/mol. The van der Waals surface area contributed by atoms with E-state index in [2.05, 4.69) is 15.7 Å². The first-order valence-electron chi connectivity index (χ1n) is 3.54. The van der Waals surface area contributed by atoms with Gasteiger partial charge < -0.3 is 9.84 Å². The standard InChI is InChI=1S/C8H7N3O/c1-2-4-7(5-3-1)10-8-6-9-11-12-8/h1-6,10H. The number of aromatic nitrogens is 2. The van der Waals surface area contributed by atoms with Gasteiger partial charge in [0.05, 0.1) is 0 Å². The van der Waals surface area contributed by atoms with Crippen molar-refractivity contribution in [2.24, 2.45) is 0 Å². The van der Waals surface area contributed by atoms with Crippen LogP contribution in [0.4, 0.5) is 11.6 Å². The molecule has 4 heteroatoms. The summed E-state index contributed by atoms with van der Waals surface area (Å²) in [5.74, 6) is 0.543. The number of hydrogen-bond donors (Lipinski definition) is 1. The van der Waals surface area contributed by atoms with Gasteiger partial charge in [0.25, 0.3) is 0 Å². The van der Waals surface area contributed by atoms with E-state index in [4.69, 9.17) is 4.52 Å². The Bertz CT molecular complexity index is 330. The van der Waals surface area contributed by atoms with Gasteiger partial charge in [-0.25, -0.2) is 0 Å². The highest BCUT2D eigenvalue weighted by Gasteiger charge is 1.95. The van der Waals surface area contributed by atoms with Crippen molar-refractivity contribution < 1.29 is 4.52 Å². The van der Waals surface area contributed by atoms with Crippen molar-refractivity contribution in [3.8, 4) is 0 Å². The molecule has 0 aliphatic rings. The molecule has 1 heterocycles. The molecule has 0 radical (unpaired) electrons. The van der Waals surface area contributed by atoms with E-state index in [9.17, 15) is 0 Å². The number of hydrogen-bond acceptors (Lipinski definition) is 4. The molecule has 12 heavy (non-hydrogen) atoms. The van der Waals surface area contributed by atoms with Gasteiger partial charge in [-0.3, -0.25) is 0 Å². The van der Waals surface area contributed by atoms with E-state index in [0.717, 1.165) is 5.69 Å². The van der Waals surface area contributed by atoms with Crippen LogP contribution in [-0.4, -0.2) is 10.4 Å². The SMILES string of the molecule is c1ccc(Nc2cnno2)cc1. The average Bonchev–Trinajstić information content (AvgIpc) is 2.59. The maximum atomic E-state index is 4.77. The number of nitrogens with one attached hydrogen (secondary N) is 1. The van der Waals surface area contributed by atoms with E-state index in [0.29, 0.717) is 5.88 Å². The second-order valence-electron chi connectivity index (χ2n) is 2.27. The Balaban J connectivity index is 2.15. The molecule has 0 saturated carbocycles. The summed E-state index contributed by atoms with van der Waals surface area (Å²) < 4.78 is 4.77. The summed E-state index contributed by atoms with van der Waals surface area (Å²) >= 11 is 0. The minimum atomic E-state index is 0.543. The molecule has 0 amide bonds. The smallest absolute Gasteiger partial charge is 0.249 e. The van der Waals surface area contributed by atoms with Gasteiger partial charge in [-0.2, -0.15) is 0 Å². The van der Waals surface area contributed by atoms with Gasteiger partial charge in [-0.15, -0.1) is 5.10 Å². The zero-order chi connectivity index (χ0) is 8.23. The molecule has 0 unspecified atom stereocenters. The Morgan fingerprint density at radius 2 is 2.00 bits per heavy atom. The fourth-order valence-electron chi connectivity index (χ4n) is 0.886. The Labute approximate surface area is 69.2 Å². The van der Waals surface area contributed by atoms with Gasteiger partial charge in [0.1, 0.15) is 6.20 Å². The number of rotatable bonds is 2. The lowest BCUT2D eigenvalue weighted by molar-refractivity contribution is 0.406. The molecule has 0 saturated heterocycles. The first-order chi connectivity index (χ1) is 5.95. The highest BCUT2D eigenvalue weighted by molar-refractivity contribution is 5.52. The van der Waals surface area contributed by atoms with Crippen LogP contribution in [0.1, 0.15) is 0 Å². The Hall–Kier alpha value is -1.84. The minimum Gasteiger partial charge on any atom is -0.323 e. The Kier molecular flexibility index (Phi) is 1.74. The van der Waals surface area contributed by atoms with Crippen LogP contribution in [0.3, 0.4) is 0 Å². The van der Waals surface area contributed by atoms with Crippen LogP contribution in [0.2, 0.25) is 0 Å². The molecule has 0 aliphatic heterocycles. The first-order valence-corrected chi connectivity index (χ1v) is 3.54. The fourth-order valence-corrected chi connectivity index (χ4v) is 0.886. The highest BCUT2D eigenvalue weighted by Crippen LogP contribution is 2.12. The second-order valence-corrected chi connectivity index (χ2v) is 2.27. The van der Waals surface area contributed by atoms with Crippen LogP contribution in [0.25, 0.3) is 0 Å². The maximum absolute atomic E-state index is 4.77. The maximum Gasteiger partial charge on any atom is 0.249 e. The van der Waals surface area contributed by atoms with Crippen LogP contribution >= 0.6 is 0 Å². The van der Waals surface area contributed by atoms with E-state index < -0.39 is 0 Å². The normalized spacial score (nSPS) is 9.67. The molecule has 1 N–H and O–H groups in total. The lowest BCUT2D eigenvalue weighted by Crippen LogP contribution is -1.86. The molecule has 0 bridgehead atoms. The predicted octanol–water partition coefficient (Wildman–Crippen LogP) is 1.81. The summed E-state index contributed by atoms with van der Waals surface area (Å²) in [6.45, 7) is 0. The molecule has 0 aliphatic carbocycles. The fraction of sp³-hybridized carbons (Fsp3) is 0. The van der Waals surface area contributed by atoms with E-state index in [1.165, 1.54) is 6.20 Å². The summed E-state index contributed by atoms with van der Waals surface area (Å²) in [6, 6.07) is 9.69. The molecule has 4 nitrogen and oxygen atoms in total. The molecule has 60 valence electrons. The van der Waals surface area contributed by atoms with Gasteiger partial charge in [0, 0.05) is 11.0 Å². The van der Waals surface area contributed by atoms with E-state index >= 15 is 0 Å². The molecular weight excluding hydrogens is 154 g/mol. The Morgan fingerprint density at radius 1 is 1.17 bits per heavy atom. The van der Waals surface area contributed by atoms with Crippen LogP contribution in [0.5, 0.6) is 0 Å². The van der Waals surface area contributed by atoms with Gasteiger partial charge >= 0.3 is 0 Å². The lowest BCUT2D eigenvalue weighted by atomic mass is 10.3. The van der Waals surface area contributed by atoms with E-state index in [-0.39, 0.29) is 0 Å². The quantitative estimate of drug-likeness (QED) is 0.729. The van der Waals surface area contributed by atoms with E-state index in [1.807, 2.05) is 30.3 Å². The van der Waals surface area contributed by atoms with Crippen LogP contribution < -0.4 is 5.32 Å². The largest absolute Gasteiger partial charge is 0.323 e. The third-order valence-electron chi connectivity index (χ3n) is 1.40. The van der Waals surface area contributed by atoms with Crippen LogP contribution in [0, 0.1) is 0 Å². The number of para-hydroxylation sites is 1. The number of benzene rings is 1. The zero-order valence-corrected chi connectivity index (χ0v) is 6.27. The third kappa shape index (κ3) is 1.42. The van der Waals surface area contributed by atoms with Crippen molar-refractivity contribution in [2.75, 3.05) is 5.32 Å². The van der Waals surface area contributed by atoms with Crippen molar-refractivity contribution in [3.05, 3.63) is 36.5 Å². The highest BCUT2D eigenvalue weighted by atomic mass is 16.5. The Morgan fingerprint density at radius 3 is 2.67 bits per heavy atom. The van der Waals surface area contributed by atoms with Crippen LogP contribution in [-0.2, 0) is 0 Å². The number of nitrogens with zero attached hydrogens (tertiary/aromatic N) is 2. The summed E-state index contributed by atoms with van der Waals surface area (Å²) in [6.07, 6.45) is 1.52. The molecule has 2 rings (SSSR count). The first kappa shape index (κ1) is 6.84. The molecular formula is C8H7N3O. The lowest BCUT2D eigenvalue weighted by Gasteiger charge is -1.98. The number of anilines is 2. The van der Waals surface area contributed by atoms with Crippen molar-refractivity contribution in [1.82, 2.24) is 10.4 Å². The van der Waals surface area contributed by atoms with Gasteiger partial charge in [0.15, 0.2) is 0 Å². The summed E-state index contributed by atoms with van der Waals surface area (Å²) in [5, 5.41) is 9.86. The zero-order valence-electron chi connectivity index (χ0n) is 6.27. The molecule has 1 aromatic carbocycles. The molecule has 2 aromatic rings. The third-order valence-corrected chi connectivity index (χ3v) is 1.40. The van der Waals surface area contributed by atoms with Crippen molar-refractivity contribution in [1.29, 1.82) is 0 Å². The van der Waals surface area contributed by atoms with Gasteiger partial charge in [-0.1, -0.05) is 18.2 Å². The average molecular weight is 161 g/mol. The van der Waals surface area contributed by atoms with Gasteiger partial charge in [0.2, 0.25) is 5.88 Å². The van der Waals surface area contributed by atoms with Crippen molar-refractivity contribution in [2.45, 2.75) is 0 Å². The summed E-state index contributed by atoms with van der Waals surface area (Å²) in [4.78, 5) is 0. The summed E-state index contributed by atoms with van der Waals surface area (Å²) in [5.41, 5.74) is 0.955. The van der Waals surface area contributed by atoms with E-state index in [1.54, 1.807) is 0 Å². The van der Waals surface area contributed by atoms with Crippen molar-refractivity contribution >= 4 is 11.6 Å². The molecule has 1 aromatic heterocycles. The topological polar surface area (TPSA) is 51.0 Å². The minimum absolute atomic E-state index is 0.543. The van der Waals surface area contributed by atoms with Gasteiger partial charge in [-0.05, 0) is 12.1 Å². The summed E-state index contributed by atoms with van der Waals surface area (Å²) in [7, 11) is 0. The monoisotopic (exact) mass is 161 g/mol. The second kappa shape index (κ2) is 3.04.